The Balaban J connectivity index is 1.39. The Hall–Kier alpha value is -2.57. The van der Waals surface area contributed by atoms with Crippen LogP contribution in [0.3, 0.4) is 0 Å². The maximum atomic E-state index is 13.5. The van der Waals surface area contributed by atoms with Gasteiger partial charge in [-0.25, -0.2) is 0 Å². The van der Waals surface area contributed by atoms with E-state index in [1.807, 2.05) is 24.3 Å². The molecule has 35 heavy (non-hydrogen) atoms. The van der Waals surface area contributed by atoms with Gasteiger partial charge in [-0.3, -0.25) is 9.59 Å². The van der Waals surface area contributed by atoms with Crippen molar-refractivity contribution in [1.29, 1.82) is 0 Å². The number of nitrogens with one attached hydrogen (secondary N) is 2. The normalized spacial score (nSPS) is 19.9. The quantitative estimate of drug-likeness (QED) is 0.539. The molecule has 3 aliphatic rings. The lowest BCUT2D eigenvalue weighted by atomic mass is 9.80. The highest BCUT2D eigenvalue weighted by atomic mass is 35.5. The summed E-state index contributed by atoms with van der Waals surface area (Å²) in [5.41, 5.74) is 4.00. The first kappa shape index (κ1) is 24.1. The topological polar surface area (TPSA) is 64.7 Å². The van der Waals surface area contributed by atoms with Gasteiger partial charge in [-0.05, 0) is 81.1 Å². The number of nitrogens with zero attached hydrogens (tertiary/aromatic N) is 2. The minimum atomic E-state index is -0.180. The zero-order chi connectivity index (χ0) is 24.4. The van der Waals surface area contributed by atoms with Crippen molar-refractivity contribution in [1.82, 2.24) is 4.90 Å². The Bertz CT molecular complexity index is 1110. The van der Waals surface area contributed by atoms with Crippen molar-refractivity contribution in [3.8, 4) is 0 Å². The standard InChI is InChI=1S/C28H35ClN4O2/c1-32-25-18-22(10-7-20(25)8-12-26(32)34)30-27(35)23-11-9-21(29)17-24(23)31-28(13-3-2-4-14-28)19-33-15-5-6-16-33/h7,9-11,17-18,31H,2-6,8,12-16,19H2,1H3,(H,30,35). The Morgan fingerprint density at radius 1 is 1.00 bits per heavy atom. The lowest BCUT2D eigenvalue weighted by Gasteiger charge is -2.42. The summed E-state index contributed by atoms with van der Waals surface area (Å²) < 4.78 is 0. The number of hydrogen-bond donors (Lipinski definition) is 2. The highest BCUT2D eigenvalue weighted by molar-refractivity contribution is 6.31. The molecule has 0 spiro atoms. The Morgan fingerprint density at radius 2 is 1.77 bits per heavy atom. The summed E-state index contributed by atoms with van der Waals surface area (Å²) in [6.45, 7) is 3.31. The van der Waals surface area contributed by atoms with Crippen molar-refractivity contribution in [2.75, 3.05) is 42.2 Å². The van der Waals surface area contributed by atoms with Crippen molar-refractivity contribution >= 4 is 40.5 Å². The van der Waals surface area contributed by atoms with Crippen LogP contribution in [0.15, 0.2) is 36.4 Å². The molecule has 0 bridgehead atoms. The number of halogens is 1. The molecule has 0 radical (unpaired) electrons. The number of hydrogen-bond acceptors (Lipinski definition) is 4. The molecule has 1 saturated carbocycles. The molecule has 2 N–H and O–H groups in total. The average Bonchev–Trinajstić information content (AvgIpc) is 3.35. The van der Waals surface area contributed by atoms with E-state index >= 15 is 0 Å². The average molecular weight is 495 g/mol. The van der Waals surface area contributed by atoms with E-state index in [0.717, 1.165) is 55.8 Å². The van der Waals surface area contributed by atoms with Crippen LogP contribution >= 0.6 is 11.6 Å². The van der Waals surface area contributed by atoms with Gasteiger partial charge in [0.2, 0.25) is 5.91 Å². The van der Waals surface area contributed by atoms with Crippen molar-refractivity contribution in [2.45, 2.75) is 63.3 Å². The highest BCUT2D eigenvalue weighted by Gasteiger charge is 2.35. The Kier molecular flexibility index (Phi) is 7.03. The number of anilines is 3. The van der Waals surface area contributed by atoms with Crippen LogP contribution in [0.1, 0.15) is 67.3 Å². The second-order valence-corrected chi connectivity index (χ2v) is 10.8. The molecule has 2 heterocycles. The molecule has 2 fully saturated rings. The molecule has 1 aliphatic carbocycles. The van der Waals surface area contributed by atoms with Gasteiger partial charge >= 0.3 is 0 Å². The summed E-state index contributed by atoms with van der Waals surface area (Å²) in [5, 5.41) is 7.49. The maximum absolute atomic E-state index is 13.5. The van der Waals surface area contributed by atoms with E-state index in [4.69, 9.17) is 11.6 Å². The number of benzene rings is 2. The largest absolute Gasteiger partial charge is 0.378 e. The van der Waals surface area contributed by atoms with E-state index in [-0.39, 0.29) is 17.4 Å². The molecule has 5 rings (SSSR count). The minimum Gasteiger partial charge on any atom is -0.378 e. The van der Waals surface area contributed by atoms with E-state index < -0.39 is 0 Å². The van der Waals surface area contributed by atoms with Gasteiger partial charge in [-0.15, -0.1) is 0 Å². The monoisotopic (exact) mass is 494 g/mol. The third-order valence-electron chi connectivity index (χ3n) is 7.85. The molecule has 186 valence electrons. The molecule has 0 aromatic heterocycles. The second kappa shape index (κ2) is 10.2. The zero-order valence-corrected chi connectivity index (χ0v) is 21.3. The fourth-order valence-electron chi connectivity index (χ4n) is 5.93. The first-order valence-electron chi connectivity index (χ1n) is 12.9. The molecular formula is C28H35ClN4O2. The molecule has 2 aliphatic heterocycles. The number of rotatable bonds is 6. The van der Waals surface area contributed by atoms with Gasteiger partial charge in [0.05, 0.1) is 11.1 Å². The highest BCUT2D eigenvalue weighted by Crippen LogP contribution is 2.36. The van der Waals surface area contributed by atoms with Crippen LogP contribution in [0, 0.1) is 0 Å². The van der Waals surface area contributed by atoms with Crippen LogP contribution < -0.4 is 15.5 Å². The smallest absolute Gasteiger partial charge is 0.257 e. The zero-order valence-electron chi connectivity index (χ0n) is 20.5. The van der Waals surface area contributed by atoms with Crippen LogP contribution in [0.25, 0.3) is 0 Å². The first-order chi connectivity index (χ1) is 16.9. The van der Waals surface area contributed by atoms with Gasteiger partial charge in [-0.1, -0.05) is 36.9 Å². The van der Waals surface area contributed by atoms with Gasteiger partial charge in [0, 0.05) is 42.1 Å². The van der Waals surface area contributed by atoms with Crippen LogP contribution in [-0.4, -0.2) is 48.9 Å². The summed E-state index contributed by atoms with van der Waals surface area (Å²) in [7, 11) is 1.79. The molecule has 1 saturated heterocycles. The summed E-state index contributed by atoms with van der Waals surface area (Å²) >= 11 is 6.40. The van der Waals surface area contributed by atoms with Crippen molar-refractivity contribution in [3.63, 3.8) is 0 Å². The van der Waals surface area contributed by atoms with Crippen molar-refractivity contribution in [2.24, 2.45) is 0 Å². The van der Waals surface area contributed by atoms with E-state index in [1.54, 1.807) is 24.1 Å². The number of likely N-dealkylation sites (tertiary alicyclic amines) is 1. The summed E-state index contributed by atoms with van der Waals surface area (Å²) in [6, 6.07) is 11.3. The third kappa shape index (κ3) is 5.34. The molecular weight excluding hydrogens is 460 g/mol. The summed E-state index contributed by atoms with van der Waals surface area (Å²) in [6.07, 6.45) is 9.65. The second-order valence-electron chi connectivity index (χ2n) is 10.4. The first-order valence-corrected chi connectivity index (χ1v) is 13.3. The van der Waals surface area contributed by atoms with Gasteiger partial charge in [0.1, 0.15) is 0 Å². The van der Waals surface area contributed by atoms with Crippen molar-refractivity contribution in [3.05, 3.63) is 52.5 Å². The Labute approximate surface area is 213 Å². The number of fused-ring (bicyclic) bond motifs is 1. The van der Waals surface area contributed by atoms with Crippen LogP contribution in [-0.2, 0) is 11.2 Å². The number of carbonyl (C=O) groups is 2. The lowest BCUT2D eigenvalue weighted by Crippen LogP contribution is -2.49. The summed E-state index contributed by atoms with van der Waals surface area (Å²) in [5.74, 6) is -0.0815. The van der Waals surface area contributed by atoms with E-state index in [0.29, 0.717) is 22.7 Å². The van der Waals surface area contributed by atoms with Gasteiger partial charge in [-0.2, -0.15) is 0 Å². The molecule has 2 aromatic carbocycles. The fraction of sp³-hybridized carbons (Fsp3) is 0.500. The van der Waals surface area contributed by atoms with Gasteiger partial charge in [0.25, 0.3) is 5.91 Å². The third-order valence-corrected chi connectivity index (χ3v) is 8.08. The Morgan fingerprint density at radius 3 is 2.54 bits per heavy atom. The van der Waals surface area contributed by atoms with E-state index in [1.165, 1.54) is 32.1 Å². The summed E-state index contributed by atoms with van der Waals surface area (Å²) in [4.78, 5) is 29.8. The fourth-order valence-corrected chi connectivity index (χ4v) is 6.10. The number of amides is 2. The molecule has 7 heteroatoms. The predicted octanol–water partition coefficient (Wildman–Crippen LogP) is 5.71. The van der Waals surface area contributed by atoms with Crippen LogP contribution in [0.2, 0.25) is 5.02 Å². The van der Waals surface area contributed by atoms with E-state index in [2.05, 4.69) is 15.5 Å². The van der Waals surface area contributed by atoms with Gasteiger partial charge in [0.15, 0.2) is 0 Å². The minimum absolute atomic E-state index is 0.0444. The van der Waals surface area contributed by atoms with Crippen molar-refractivity contribution < 1.29 is 9.59 Å². The predicted molar refractivity (Wildman–Crippen MR) is 143 cm³/mol. The molecule has 2 aromatic rings. The number of carbonyl (C=O) groups excluding carboxylic acids is 2. The van der Waals surface area contributed by atoms with Crippen LogP contribution in [0.5, 0.6) is 0 Å². The maximum Gasteiger partial charge on any atom is 0.257 e. The van der Waals surface area contributed by atoms with Crippen LogP contribution in [0.4, 0.5) is 17.1 Å². The molecule has 0 unspecified atom stereocenters. The van der Waals surface area contributed by atoms with Gasteiger partial charge < -0.3 is 20.4 Å². The number of aryl methyl sites for hydroxylation is 1. The molecule has 6 nitrogen and oxygen atoms in total. The van der Waals surface area contributed by atoms with E-state index in [9.17, 15) is 9.59 Å². The molecule has 0 atom stereocenters. The lowest BCUT2D eigenvalue weighted by molar-refractivity contribution is -0.118. The SMILES string of the molecule is CN1C(=O)CCc2ccc(NC(=O)c3ccc(Cl)cc3NC3(CN4CCCC4)CCCCC3)cc21. The molecule has 2 amide bonds.